The second-order valence-corrected chi connectivity index (χ2v) is 11.5. The molecule has 0 bridgehead atoms. The van der Waals surface area contributed by atoms with Crippen LogP contribution in [-0.4, -0.2) is 62.8 Å². The van der Waals surface area contributed by atoms with Gasteiger partial charge in [-0.1, -0.05) is 23.5 Å². The van der Waals surface area contributed by atoms with Gasteiger partial charge in [0.15, 0.2) is 0 Å². The van der Waals surface area contributed by atoms with Crippen LogP contribution >= 0.6 is 11.3 Å². The SMILES string of the molecule is CN1CCN(c2cc3c(cc2Nc2nnc(-c4cccc([N+](=O)[O-])c4)s2)nc(-c2ccc(F)cc2)n3C2CC2)CC1. The van der Waals surface area contributed by atoms with Crippen LogP contribution in [0.4, 0.5) is 26.6 Å². The number of piperazine rings is 1. The average molecular weight is 571 g/mol. The quantitative estimate of drug-likeness (QED) is 0.185. The fraction of sp³-hybridized carbons (Fsp3) is 0.276. The monoisotopic (exact) mass is 570 g/mol. The molecule has 41 heavy (non-hydrogen) atoms. The molecule has 1 N–H and O–H groups in total. The van der Waals surface area contributed by atoms with E-state index in [-0.39, 0.29) is 11.5 Å². The van der Waals surface area contributed by atoms with E-state index in [4.69, 9.17) is 4.98 Å². The third-order valence-electron chi connectivity index (χ3n) is 7.64. The number of benzene rings is 3. The van der Waals surface area contributed by atoms with E-state index in [1.165, 1.54) is 35.6 Å². The smallest absolute Gasteiger partial charge is 0.270 e. The molecule has 0 atom stereocenters. The first-order chi connectivity index (χ1) is 19.9. The van der Waals surface area contributed by atoms with Crippen LogP contribution in [0, 0.1) is 15.9 Å². The molecule has 1 aliphatic carbocycles. The molecule has 12 heteroatoms. The molecule has 0 radical (unpaired) electrons. The lowest BCUT2D eigenvalue weighted by Gasteiger charge is -2.35. The molecule has 1 saturated heterocycles. The van der Waals surface area contributed by atoms with Crippen LogP contribution in [0.1, 0.15) is 18.9 Å². The minimum absolute atomic E-state index is 0.0122. The van der Waals surface area contributed by atoms with Crippen LogP contribution < -0.4 is 10.2 Å². The van der Waals surface area contributed by atoms with Gasteiger partial charge in [-0.3, -0.25) is 10.1 Å². The highest BCUT2D eigenvalue weighted by Gasteiger charge is 2.30. The van der Waals surface area contributed by atoms with Gasteiger partial charge < -0.3 is 19.7 Å². The Labute approximate surface area is 239 Å². The first-order valence-electron chi connectivity index (χ1n) is 13.5. The molecule has 10 nitrogen and oxygen atoms in total. The summed E-state index contributed by atoms with van der Waals surface area (Å²) in [6.45, 7) is 3.67. The maximum absolute atomic E-state index is 13.7. The Hall–Kier alpha value is -4.42. The number of nitrogens with one attached hydrogen (secondary N) is 1. The third kappa shape index (κ3) is 5.00. The number of halogens is 1. The van der Waals surface area contributed by atoms with Crippen LogP contribution in [0.25, 0.3) is 33.0 Å². The fourth-order valence-corrected chi connectivity index (χ4v) is 6.05. The van der Waals surface area contributed by atoms with Gasteiger partial charge in [0.1, 0.15) is 16.6 Å². The lowest BCUT2D eigenvalue weighted by atomic mass is 10.2. The first kappa shape index (κ1) is 25.5. The number of hydrogen-bond acceptors (Lipinski definition) is 9. The van der Waals surface area contributed by atoms with E-state index in [1.54, 1.807) is 24.3 Å². The van der Waals surface area contributed by atoms with Gasteiger partial charge in [-0.05, 0) is 56.3 Å². The molecule has 2 aromatic heterocycles. The number of non-ortho nitro benzene ring substituents is 1. The Morgan fingerprint density at radius 1 is 1.00 bits per heavy atom. The van der Waals surface area contributed by atoms with Crippen LogP contribution in [-0.2, 0) is 0 Å². The van der Waals surface area contributed by atoms with E-state index in [9.17, 15) is 14.5 Å². The van der Waals surface area contributed by atoms with Crippen molar-refractivity contribution in [1.82, 2.24) is 24.6 Å². The number of nitrogens with zero attached hydrogens (tertiary/aromatic N) is 7. The molecule has 0 unspecified atom stereocenters. The molecule has 2 fully saturated rings. The molecule has 3 heterocycles. The molecule has 0 amide bonds. The van der Waals surface area contributed by atoms with Gasteiger partial charge in [0.25, 0.3) is 5.69 Å². The summed E-state index contributed by atoms with van der Waals surface area (Å²) in [5.74, 6) is 0.570. The second-order valence-electron chi connectivity index (χ2n) is 10.5. The zero-order valence-electron chi connectivity index (χ0n) is 22.3. The number of nitro benzene ring substituents is 1. The largest absolute Gasteiger partial charge is 0.367 e. The number of fused-ring (bicyclic) bond motifs is 1. The van der Waals surface area contributed by atoms with Crippen molar-refractivity contribution in [3.8, 4) is 22.0 Å². The Balaban J connectivity index is 1.30. The van der Waals surface area contributed by atoms with Crippen LogP contribution in [0.15, 0.2) is 60.7 Å². The zero-order valence-corrected chi connectivity index (χ0v) is 23.1. The van der Waals surface area contributed by atoms with E-state index in [1.807, 2.05) is 0 Å². The molecule has 7 rings (SSSR count). The normalized spacial score (nSPS) is 15.9. The van der Waals surface area contributed by atoms with Gasteiger partial charge in [0.05, 0.1) is 27.3 Å². The molecule has 1 saturated carbocycles. The highest BCUT2D eigenvalue weighted by Crippen LogP contribution is 2.44. The highest BCUT2D eigenvalue weighted by molar-refractivity contribution is 7.18. The van der Waals surface area contributed by atoms with Crippen molar-refractivity contribution in [2.75, 3.05) is 43.4 Å². The minimum atomic E-state index is -0.414. The standard InChI is InChI=1S/C29H27FN8O2S/c1-35-11-13-36(14-12-35)25-17-26-24(31-27(37(26)21-9-10-21)18-5-7-20(30)8-6-18)16-23(25)32-29-34-33-28(41-29)19-3-2-4-22(15-19)38(39)40/h2-8,15-17,21H,9-14H2,1H3,(H,32,34). The molecule has 0 spiro atoms. The predicted molar refractivity (Wildman–Crippen MR) is 158 cm³/mol. The van der Waals surface area contributed by atoms with E-state index in [2.05, 4.69) is 49.1 Å². The average Bonchev–Trinajstić information content (AvgIpc) is 3.59. The number of likely N-dealkylation sites (N-methyl/N-ethyl adjacent to an activating group) is 1. The van der Waals surface area contributed by atoms with Crippen LogP contribution in [0.2, 0.25) is 0 Å². The van der Waals surface area contributed by atoms with E-state index < -0.39 is 4.92 Å². The maximum atomic E-state index is 13.7. The van der Waals surface area contributed by atoms with Crippen molar-refractivity contribution in [1.29, 1.82) is 0 Å². The topological polar surface area (TPSA) is 105 Å². The molecule has 5 aromatic rings. The summed E-state index contributed by atoms with van der Waals surface area (Å²) in [6, 6.07) is 17.6. The lowest BCUT2D eigenvalue weighted by Crippen LogP contribution is -2.44. The van der Waals surface area contributed by atoms with Gasteiger partial charge in [-0.25, -0.2) is 9.37 Å². The summed E-state index contributed by atoms with van der Waals surface area (Å²) < 4.78 is 16.0. The first-order valence-corrected chi connectivity index (χ1v) is 14.4. The van der Waals surface area contributed by atoms with Gasteiger partial charge >= 0.3 is 0 Å². The van der Waals surface area contributed by atoms with E-state index in [0.29, 0.717) is 21.7 Å². The summed E-state index contributed by atoms with van der Waals surface area (Å²) in [7, 11) is 2.13. The zero-order chi connectivity index (χ0) is 28.1. The van der Waals surface area contributed by atoms with Crippen molar-refractivity contribution in [3.63, 3.8) is 0 Å². The molecular formula is C29H27FN8O2S. The maximum Gasteiger partial charge on any atom is 0.270 e. The van der Waals surface area contributed by atoms with Gasteiger partial charge in [-0.2, -0.15) is 0 Å². The summed E-state index contributed by atoms with van der Waals surface area (Å²) in [6.07, 6.45) is 2.18. The number of anilines is 3. The summed E-state index contributed by atoms with van der Waals surface area (Å²) in [4.78, 5) is 20.6. The molecule has 1 aliphatic heterocycles. The summed E-state index contributed by atoms with van der Waals surface area (Å²) in [5, 5.41) is 24.6. The van der Waals surface area contributed by atoms with Crippen LogP contribution in [0.5, 0.6) is 0 Å². The Bertz CT molecular complexity index is 1760. The van der Waals surface area contributed by atoms with Gasteiger partial charge in [0.2, 0.25) is 5.13 Å². The lowest BCUT2D eigenvalue weighted by molar-refractivity contribution is -0.384. The summed E-state index contributed by atoms with van der Waals surface area (Å²) in [5.41, 5.74) is 5.38. The number of rotatable bonds is 7. The molecular weight excluding hydrogens is 543 g/mol. The Kier molecular flexibility index (Phi) is 6.36. The van der Waals surface area contributed by atoms with Crippen molar-refractivity contribution in [2.45, 2.75) is 18.9 Å². The second kappa shape index (κ2) is 10.2. The number of hydrogen-bond donors (Lipinski definition) is 1. The van der Waals surface area contributed by atoms with E-state index >= 15 is 0 Å². The number of aromatic nitrogens is 4. The van der Waals surface area contributed by atoms with Crippen molar-refractivity contribution >= 4 is 44.6 Å². The van der Waals surface area contributed by atoms with Gasteiger partial charge in [-0.15, -0.1) is 10.2 Å². The van der Waals surface area contributed by atoms with Crippen molar-refractivity contribution < 1.29 is 9.31 Å². The van der Waals surface area contributed by atoms with Crippen molar-refractivity contribution in [3.05, 3.63) is 76.6 Å². The number of imidazole rings is 1. The third-order valence-corrected chi connectivity index (χ3v) is 8.52. The fourth-order valence-electron chi connectivity index (χ4n) is 5.30. The summed E-state index contributed by atoms with van der Waals surface area (Å²) >= 11 is 1.34. The minimum Gasteiger partial charge on any atom is -0.367 e. The Morgan fingerprint density at radius 2 is 1.78 bits per heavy atom. The van der Waals surface area contributed by atoms with Gasteiger partial charge in [0, 0.05) is 55.5 Å². The number of nitro groups is 1. The van der Waals surface area contributed by atoms with E-state index in [0.717, 1.165) is 72.8 Å². The molecule has 3 aromatic carbocycles. The van der Waals surface area contributed by atoms with Crippen molar-refractivity contribution in [2.24, 2.45) is 0 Å². The molecule has 208 valence electrons. The van der Waals surface area contributed by atoms with Crippen LogP contribution in [0.3, 0.4) is 0 Å². The highest BCUT2D eigenvalue weighted by atomic mass is 32.1. The Morgan fingerprint density at radius 3 is 2.51 bits per heavy atom. The predicted octanol–water partition coefficient (Wildman–Crippen LogP) is 6.10. The molecule has 2 aliphatic rings.